The highest BCUT2D eigenvalue weighted by Gasteiger charge is 2.49. The first-order valence-corrected chi connectivity index (χ1v) is 5.27. The third kappa shape index (κ3) is 2.03. The van der Waals surface area contributed by atoms with Crippen molar-refractivity contribution >= 4 is 11.9 Å². The van der Waals surface area contributed by atoms with Gasteiger partial charge in [-0.05, 0) is 19.8 Å². The second kappa shape index (κ2) is 3.68. The maximum absolute atomic E-state index is 11.8. The third-order valence-electron chi connectivity index (χ3n) is 3.17. The molecule has 4 heteroatoms. The van der Waals surface area contributed by atoms with Crippen LogP contribution in [0.3, 0.4) is 0 Å². The van der Waals surface area contributed by atoms with Crippen LogP contribution in [0, 0.1) is 11.8 Å². The number of hydrogen-bond donors (Lipinski definition) is 1. The van der Waals surface area contributed by atoms with Gasteiger partial charge in [0.25, 0.3) is 0 Å². The maximum atomic E-state index is 11.8. The second-order valence-electron chi connectivity index (χ2n) is 4.37. The first kappa shape index (κ1) is 10.2. The molecule has 82 valence electrons. The standard InChI is InChI=1S/C11H15NO3/c1-7-2-4-12(5-3-7)10(13)8-6-9(8)11(14)15/h2,8-9H,3-6H2,1H3,(H,14,15)/t8-,9+/m1/s1. The molecule has 15 heavy (non-hydrogen) atoms. The summed E-state index contributed by atoms with van der Waals surface area (Å²) in [5.41, 5.74) is 1.31. The van der Waals surface area contributed by atoms with Crippen LogP contribution in [0.1, 0.15) is 19.8 Å². The van der Waals surface area contributed by atoms with Gasteiger partial charge in [-0.1, -0.05) is 11.6 Å². The largest absolute Gasteiger partial charge is 0.481 e. The zero-order valence-corrected chi connectivity index (χ0v) is 8.77. The van der Waals surface area contributed by atoms with Crippen molar-refractivity contribution in [1.82, 2.24) is 4.90 Å². The van der Waals surface area contributed by atoms with Crippen LogP contribution >= 0.6 is 0 Å². The number of nitrogens with zero attached hydrogens (tertiary/aromatic N) is 1. The van der Waals surface area contributed by atoms with Crippen molar-refractivity contribution < 1.29 is 14.7 Å². The summed E-state index contributed by atoms with van der Waals surface area (Å²) in [6, 6.07) is 0. The molecule has 2 rings (SSSR count). The lowest BCUT2D eigenvalue weighted by Gasteiger charge is -2.25. The smallest absolute Gasteiger partial charge is 0.307 e. The third-order valence-corrected chi connectivity index (χ3v) is 3.17. The van der Waals surface area contributed by atoms with Gasteiger partial charge >= 0.3 is 5.97 Å². The molecule has 1 N–H and O–H groups in total. The fourth-order valence-electron chi connectivity index (χ4n) is 1.95. The number of carboxylic acids is 1. The lowest BCUT2D eigenvalue weighted by molar-refractivity contribution is -0.141. The van der Waals surface area contributed by atoms with Crippen molar-refractivity contribution in [2.75, 3.05) is 13.1 Å². The molecule has 0 spiro atoms. The molecule has 0 radical (unpaired) electrons. The lowest BCUT2D eigenvalue weighted by Crippen LogP contribution is -2.36. The summed E-state index contributed by atoms with van der Waals surface area (Å²) >= 11 is 0. The Balaban J connectivity index is 1.91. The molecule has 2 atom stereocenters. The van der Waals surface area contributed by atoms with Gasteiger partial charge in [0.1, 0.15) is 0 Å². The maximum Gasteiger partial charge on any atom is 0.307 e. The van der Waals surface area contributed by atoms with Crippen molar-refractivity contribution in [3.63, 3.8) is 0 Å². The minimum atomic E-state index is -0.836. The molecule has 1 amide bonds. The number of carbonyl (C=O) groups is 2. The molecule has 1 saturated carbocycles. The zero-order valence-electron chi connectivity index (χ0n) is 8.77. The molecule has 0 saturated heterocycles. The van der Waals surface area contributed by atoms with E-state index >= 15 is 0 Å². The van der Waals surface area contributed by atoms with Gasteiger partial charge in [0.15, 0.2) is 0 Å². The fourth-order valence-corrected chi connectivity index (χ4v) is 1.95. The second-order valence-corrected chi connectivity index (χ2v) is 4.37. The number of carbonyl (C=O) groups excluding carboxylic acids is 1. The zero-order chi connectivity index (χ0) is 11.0. The van der Waals surface area contributed by atoms with Gasteiger partial charge in [-0.15, -0.1) is 0 Å². The first-order chi connectivity index (χ1) is 7.09. The SMILES string of the molecule is CC1=CCN(C(=O)[C@@H]2C[C@@H]2C(=O)O)CC1. The molecule has 1 aliphatic carbocycles. The summed E-state index contributed by atoms with van der Waals surface area (Å²) in [6.07, 6.45) is 3.48. The molecule has 1 aliphatic heterocycles. The highest BCUT2D eigenvalue weighted by Crippen LogP contribution is 2.40. The Bertz CT molecular complexity index is 335. The summed E-state index contributed by atoms with van der Waals surface area (Å²) in [7, 11) is 0. The van der Waals surface area contributed by atoms with E-state index in [1.165, 1.54) is 5.57 Å². The Morgan fingerprint density at radius 2 is 2.20 bits per heavy atom. The molecule has 1 fully saturated rings. The van der Waals surface area contributed by atoms with Crippen LogP contribution in [-0.4, -0.2) is 35.0 Å². The van der Waals surface area contributed by atoms with E-state index in [1.807, 2.05) is 6.08 Å². The van der Waals surface area contributed by atoms with E-state index in [0.717, 1.165) is 13.0 Å². The van der Waals surface area contributed by atoms with E-state index in [-0.39, 0.29) is 11.8 Å². The Labute approximate surface area is 88.6 Å². The molecule has 0 aromatic heterocycles. The summed E-state index contributed by atoms with van der Waals surface area (Å²) in [6.45, 7) is 3.44. The molecular weight excluding hydrogens is 194 g/mol. The van der Waals surface area contributed by atoms with Crippen LogP contribution in [-0.2, 0) is 9.59 Å². The lowest BCUT2D eigenvalue weighted by atomic mass is 10.1. The highest BCUT2D eigenvalue weighted by molar-refractivity contribution is 5.89. The van der Waals surface area contributed by atoms with Crippen molar-refractivity contribution in [2.45, 2.75) is 19.8 Å². The van der Waals surface area contributed by atoms with Gasteiger partial charge in [-0.2, -0.15) is 0 Å². The predicted molar refractivity (Wildman–Crippen MR) is 54.2 cm³/mol. The van der Waals surface area contributed by atoms with Crippen LogP contribution in [0.25, 0.3) is 0 Å². The fraction of sp³-hybridized carbons (Fsp3) is 0.636. The quantitative estimate of drug-likeness (QED) is 0.687. The monoisotopic (exact) mass is 209 g/mol. The predicted octanol–water partition coefficient (Wildman–Crippen LogP) is 0.886. The van der Waals surface area contributed by atoms with E-state index in [9.17, 15) is 9.59 Å². The molecule has 0 aromatic rings. The van der Waals surface area contributed by atoms with Crippen LogP contribution in [0.4, 0.5) is 0 Å². The van der Waals surface area contributed by atoms with Crippen molar-refractivity contribution in [3.8, 4) is 0 Å². The number of rotatable bonds is 2. The van der Waals surface area contributed by atoms with Crippen LogP contribution < -0.4 is 0 Å². The average molecular weight is 209 g/mol. The number of amides is 1. The van der Waals surface area contributed by atoms with E-state index in [2.05, 4.69) is 6.92 Å². The van der Waals surface area contributed by atoms with E-state index in [4.69, 9.17) is 5.11 Å². The average Bonchev–Trinajstić information content (AvgIpc) is 2.97. The summed E-state index contributed by atoms with van der Waals surface area (Å²) in [5, 5.41) is 8.73. The van der Waals surface area contributed by atoms with Gasteiger partial charge in [-0.3, -0.25) is 9.59 Å². The molecule has 1 heterocycles. The molecule has 0 unspecified atom stereocenters. The van der Waals surface area contributed by atoms with E-state index < -0.39 is 11.9 Å². The Kier molecular flexibility index (Phi) is 2.50. The summed E-state index contributed by atoms with van der Waals surface area (Å²) in [4.78, 5) is 24.2. The Morgan fingerprint density at radius 3 is 2.67 bits per heavy atom. The Morgan fingerprint density at radius 1 is 1.47 bits per heavy atom. The van der Waals surface area contributed by atoms with Crippen molar-refractivity contribution in [3.05, 3.63) is 11.6 Å². The minimum Gasteiger partial charge on any atom is -0.481 e. The number of aliphatic carboxylic acids is 1. The molecular formula is C11H15NO3. The van der Waals surface area contributed by atoms with Gasteiger partial charge in [0.05, 0.1) is 11.8 Å². The molecule has 4 nitrogen and oxygen atoms in total. The molecule has 0 bridgehead atoms. The van der Waals surface area contributed by atoms with Gasteiger partial charge in [0, 0.05) is 13.1 Å². The van der Waals surface area contributed by atoms with Crippen LogP contribution in [0.2, 0.25) is 0 Å². The van der Waals surface area contributed by atoms with Gasteiger partial charge in [-0.25, -0.2) is 0 Å². The number of hydrogen-bond acceptors (Lipinski definition) is 2. The first-order valence-electron chi connectivity index (χ1n) is 5.27. The van der Waals surface area contributed by atoms with Crippen LogP contribution in [0.5, 0.6) is 0 Å². The van der Waals surface area contributed by atoms with Crippen molar-refractivity contribution in [1.29, 1.82) is 0 Å². The Hall–Kier alpha value is -1.32. The highest BCUT2D eigenvalue weighted by atomic mass is 16.4. The topological polar surface area (TPSA) is 57.6 Å². The number of carboxylic acid groups (broad SMARTS) is 1. The normalized spacial score (nSPS) is 29.7. The molecule has 0 aromatic carbocycles. The van der Waals surface area contributed by atoms with Crippen LogP contribution in [0.15, 0.2) is 11.6 Å². The van der Waals surface area contributed by atoms with E-state index in [0.29, 0.717) is 13.0 Å². The summed E-state index contributed by atoms with van der Waals surface area (Å²) < 4.78 is 0. The minimum absolute atomic E-state index is 0.0196. The summed E-state index contributed by atoms with van der Waals surface area (Å²) in [5.74, 6) is -1.50. The van der Waals surface area contributed by atoms with Gasteiger partial charge < -0.3 is 10.0 Å². The van der Waals surface area contributed by atoms with Gasteiger partial charge in [0.2, 0.25) is 5.91 Å². The van der Waals surface area contributed by atoms with Crippen molar-refractivity contribution in [2.24, 2.45) is 11.8 Å². The van der Waals surface area contributed by atoms with E-state index in [1.54, 1.807) is 4.90 Å². The molecule has 2 aliphatic rings.